The standard InChI is InChI=1S/C28H48O2/c1-6-14-25(2,29)15-7-8-20-10-12-23-22-11-9-21-19-26(3,30)17-18-28(21,5)24(22)13-16-27(20,23)4/h6,20-24,29-30H,1,7-19H2,2-5H3/t20?,21?,22-,23-,24?,25?,26-,27?,28?/m0/s1. The molecule has 9 atom stereocenters. The molecule has 4 rings (SSSR count). The molecule has 0 radical (unpaired) electrons. The van der Waals surface area contributed by atoms with Crippen LogP contribution in [0.1, 0.15) is 111 Å². The van der Waals surface area contributed by atoms with Crippen molar-refractivity contribution < 1.29 is 10.2 Å². The monoisotopic (exact) mass is 416 g/mol. The van der Waals surface area contributed by atoms with Crippen molar-refractivity contribution in [2.45, 2.75) is 122 Å². The molecule has 0 aromatic carbocycles. The molecule has 0 saturated heterocycles. The van der Waals surface area contributed by atoms with Crippen LogP contribution < -0.4 is 0 Å². The van der Waals surface area contributed by atoms with Gasteiger partial charge in [-0.1, -0.05) is 26.3 Å². The van der Waals surface area contributed by atoms with Gasteiger partial charge in [0.25, 0.3) is 0 Å². The molecule has 0 heterocycles. The molecule has 0 aromatic heterocycles. The van der Waals surface area contributed by atoms with Crippen molar-refractivity contribution in [1.29, 1.82) is 0 Å². The average molecular weight is 417 g/mol. The molecular weight excluding hydrogens is 368 g/mol. The Morgan fingerprint density at radius 3 is 2.43 bits per heavy atom. The van der Waals surface area contributed by atoms with E-state index in [1.165, 1.54) is 51.4 Å². The highest BCUT2D eigenvalue weighted by Crippen LogP contribution is 2.68. The lowest BCUT2D eigenvalue weighted by Gasteiger charge is -2.62. The van der Waals surface area contributed by atoms with Crippen LogP contribution in [0.4, 0.5) is 0 Å². The van der Waals surface area contributed by atoms with Crippen LogP contribution in [0.25, 0.3) is 0 Å². The van der Waals surface area contributed by atoms with E-state index < -0.39 is 11.2 Å². The number of fused-ring (bicyclic) bond motifs is 5. The van der Waals surface area contributed by atoms with Crippen LogP contribution in [0.3, 0.4) is 0 Å². The first-order valence-electron chi connectivity index (χ1n) is 13.1. The average Bonchev–Trinajstić information content (AvgIpc) is 2.99. The second-order valence-electron chi connectivity index (χ2n) is 13.1. The molecule has 0 bridgehead atoms. The van der Waals surface area contributed by atoms with Gasteiger partial charge >= 0.3 is 0 Å². The van der Waals surface area contributed by atoms with E-state index in [-0.39, 0.29) is 0 Å². The summed E-state index contributed by atoms with van der Waals surface area (Å²) >= 11 is 0. The third-order valence-electron chi connectivity index (χ3n) is 11.0. The van der Waals surface area contributed by atoms with E-state index >= 15 is 0 Å². The van der Waals surface area contributed by atoms with Gasteiger partial charge in [0.05, 0.1) is 11.2 Å². The molecule has 6 unspecified atom stereocenters. The van der Waals surface area contributed by atoms with Crippen molar-refractivity contribution in [3.05, 3.63) is 12.7 Å². The van der Waals surface area contributed by atoms with Gasteiger partial charge in [-0.05, 0) is 131 Å². The maximum absolute atomic E-state index is 10.7. The van der Waals surface area contributed by atoms with Crippen molar-refractivity contribution in [1.82, 2.24) is 0 Å². The summed E-state index contributed by atoms with van der Waals surface area (Å²) in [7, 11) is 0. The molecule has 2 N–H and O–H groups in total. The molecule has 0 aliphatic heterocycles. The van der Waals surface area contributed by atoms with Gasteiger partial charge in [0.2, 0.25) is 0 Å². The lowest BCUT2D eigenvalue weighted by Crippen LogP contribution is -2.55. The van der Waals surface area contributed by atoms with Crippen molar-refractivity contribution in [3.63, 3.8) is 0 Å². The van der Waals surface area contributed by atoms with Gasteiger partial charge < -0.3 is 10.2 Å². The summed E-state index contributed by atoms with van der Waals surface area (Å²) in [5, 5.41) is 21.2. The van der Waals surface area contributed by atoms with Crippen molar-refractivity contribution in [2.75, 3.05) is 0 Å². The van der Waals surface area contributed by atoms with Gasteiger partial charge in [-0.25, -0.2) is 0 Å². The molecule has 30 heavy (non-hydrogen) atoms. The summed E-state index contributed by atoms with van der Waals surface area (Å²) in [4.78, 5) is 0. The Morgan fingerprint density at radius 1 is 0.967 bits per heavy atom. The van der Waals surface area contributed by atoms with Gasteiger partial charge in [0.1, 0.15) is 0 Å². The van der Waals surface area contributed by atoms with Crippen LogP contribution in [0.2, 0.25) is 0 Å². The van der Waals surface area contributed by atoms with E-state index in [1.54, 1.807) is 0 Å². The molecule has 0 aromatic rings. The first-order chi connectivity index (χ1) is 14.0. The molecule has 4 aliphatic carbocycles. The Kier molecular flexibility index (Phi) is 6.02. The summed E-state index contributed by atoms with van der Waals surface area (Å²) < 4.78 is 0. The van der Waals surface area contributed by atoms with E-state index in [0.29, 0.717) is 17.3 Å². The number of rotatable bonds is 6. The van der Waals surface area contributed by atoms with Crippen molar-refractivity contribution >= 4 is 0 Å². The second kappa shape index (κ2) is 7.91. The predicted octanol–water partition coefficient (Wildman–Crippen LogP) is 6.89. The quantitative estimate of drug-likeness (QED) is 0.463. The Balaban J connectivity index is 1.42. The highest BCUT2D eigenvalue weighted by Gasteiger charge is 2.60. The van der Waals surface area contributed by atoms with Gasteiger partial charge in [-0.15, -0.1) is 6.58 Å². The van der Waals surface area contributed by atoms with E-state index in [2.05, 4.69) is 27.4 Å². The summed E-state index contributed by atoms with van der Waals surface area (Å²) in [6.45, 7) is 13.1. The molecule has 0 spiro atoms. The minimum absolute atomic E-state index is 0.425. The zero-order valence-corrected chi connectivity index (χ0v) is 20.3. The third kappa shape index (κ3) is 3.94. The number of hydrogen-bond acceptors (Lipinski definition) is 2. The molecule has 0 amide bonds. The van der Waals surface area contributed by atoms with Gasteiger partial charge in [-0.3, -0.25) is 0 Å². The van der Waals surface area contributed by atoms with Crippen LogP contribution >= 0.6 is 0 Å². The summed E-state index contributed by atoms with van der Waals surface area (Å²) in [6.07, 6.45) is 17.6. The largest absolute Gasteiger partial charge is 0.390 e. The minimum atomic E-state index is -0.576. The van der Waals surface area contributed by atoms with E-state index in [1.807, 2.05) is 13.0 Å². The molecule has 4 saturated carbocycles. The lowest BCUT2D eigenvalue weighted by atomic mass is 9.44. The molecule has 2 heteroatoms. The SMILES string of the molecule is C=CCC(C)(O)CCCC1CC[C@H]2[C@@H]3CCC4C[C@@](C)(O)CCC4(C)C3CCC12C. The van der Waals surface area contributed by atoms with Crippen molar-refractivity contribution in [2.24, 2.45) is 40.4 Å². The highest BCUT2D eigenvalue weighted by molar-refractivity contribution is 5.10. The molecule has 4 aliphatic rings. The van der Waals surface area contributed by atoms with Crippen LogP contribution in [-0.4, -0.2) is 21.4 Å². The number of aliphatic hydroxyl groups is 2. The molecular formula is C28H48O2. The normalized spacial score (nSPS) is 50.1. The lowest BCUT2D eigenvalue weighted by molar-refractivity contribution is -0.146. The van der Waals surface area contributed by atoms with E-state index in [4.69, 9.17) is 0 Å². The zero-order chi connectivity index (χ0) is 21.8. The van der Waals surface area contributed by atoms with Crippen LogP contribution in [-0.2, 0) is 0 Å². The van der Waals surface area contributed by atoms with Crippen LogP contribution in [0.5, 0.6) is 0 Å². The summed E-state index contributed by atoms with van der Waals surface area (Å²) in [5.41, 5.74) is -0.0122. The van der Waals surface area contributed by atoms with Crippen molar-refractivity contribution in [3.8, 4) is 0 Å². The first-order valence-corrected chi connectivity index (χ1v) is 13.1. The topological polar surface area (TPSA) is 40.5 Å². The fourth-order valence-electron chi connectivity index (χ4n) is 9.16. The van der Waals surface area contributed by atoms with Gasteiger partial charge in [0, 0.05) is 0 Å². The Labute approximate surface area is 185 Å². The fourth-order valence-corrected chi connectivity index (χ4v) is 9.16. The summed E-state index contributed by atoms with van der Waals surface area (Å²) in [6, 6.07) is 0. The maximum Gasteiger partial charge on any atom is 0.0653 e. The second-order valence-corrected chi connectivity index (χ2v) is 13.1. The molecule has 4 fully saturated rings. The predicted molar refractivity (Wildman–Crippen MR) is 125 cm³/mol. The molecule has 172 valence electrons. The first kappa shape index (κ1) is 22.8. The van der Waals surface area contributed by atoms with Gasteiger partial charge in [-0.2, -0.15) is 0 Å². The zero-order valence-electron chi connectivity index (χ0n) is 20.3. The Hall–Kier alpha value is -0.340. The summed E-state index contributed by atoms with van der Waals surface area (Å²) in [5.74, 6) is 4.30. The number of hydrogen-bond donors (Lipinski definition) is 2. The highest BCUT2D eigenvalue weighted by atomic mass is 16.3. The molecule has 2 nitrogen and oxygen atoms in total. The van der Waals surface area contributed by atoms with Crippen LogP contribution in [0, 0.1) is 40.4 Å². The van der Waals surface area contributed by atoms with E-state index in [9.17, 15) is 10.2 Å². The Morgan fingerprint density at radius 2 is 1.70 bits per heavy atom. The van der Waals surface area contributed by atoms with Gasteiger partial charge in [0.15, 0.2) is 0 Å². The van der Waals surface area contributed by atoms with E-state index in [0.717, 1.165) is 55.3 Å². The minimum Gasteiger partial charge on any atom is -0.390 e. The Bertz CT molecular complexity index is 637. The van der Waals surface area contributed by atoms with Crippen LogP contribution in [0.15, 0.2) is 12.7 Å². The maximum atomic E-state index is 10.7. The smallest absolute Gasteiger partial charge is 0.0653 e. The fraction of sp³-hybridized carbons (Fsp3) is 0.929. The third-order valence-corrected chi connectivity index (χ3v) is 11.0.